The molecule has 1 aromatic rings. The number of ether oxygens (including phenoxy) is 1. The van der Waals surface area contributed by atoms with Crippen LogP contribution in [0.15, 0.2) is 28.7 Å². The van der Waals surface area contributed by atoms with Crippen LogP contribution in [0.25, 0.3) is 0 Å². The molecule has 2 N–H and O–H groups in total. The molecule has 2 aliphatic rings. The SMILES string of the molecule is NC(Cc1ccccc1Br)C1(N2CCOCC2)CCCC1. The van der Waals surface area contributed by atoms with Crippen molar-refractivity contribution in [1.29, 1.82) is 0 Å². The molecule has 3 nitrogen and oxygen atoms in total. The monoisotopic (exact) mass is 352 g/mol. The Bertz CT molecular complexity index is 468. The molecule has 0 spiro atoms. The molecule has 1 atom stereocenters. The minimum absolute atomic E-state index is 0.180. The summed E-state index contributed by atoms with van der Waals surface area (Å²) in [5.74, 6) is 0. The molecule has 0 bridgehead atoms. The molecule has 1 unspecified atom stereocenters. The molecule has 2 fully saturated rings. The maximum atomic E-state index is 6.74. The van der Waals surface area contributed by atoms with Crippen LogP contribution in [-0.2, 0) is 11.2 Å². The average molecular weight is 353 g/mol. The molecular formula is C17H25BrN2O. The minimum atomic E-state index is 0.180. The van der Waals surface area contributed by atoms with Crippen LogP contribution in [0.3, 0.4) is 0 Å². The van der Waals surface area contributed by atoms with Crippen molar-refractivity contribution in [2.75, 3.05) is 26.3 Å². The summed E-state index contributed by atoms with van der Waals surface area (Å²) in [6.45, 7) is 3.76. The van der Waals surface area contributed by atoms with Gasteiger partial charge in [-0.05, 0) is 30.9 Å². The maximum Gasteiger partial charge on any atom is 0.0594 e. The van der Waals surface area contributed by atoms with Gasteiger partial charge in [-0.1, -0.05) is 47.0 Å². The summed E-state index contributed by atoms with van der Waals surface area (Å²) < 4.78 is 6.71. The molecule has 1 saturated heterocycles. The molecular weight excluding hydrogens is 328 g/mol. The van der Waals surface area contributed by atoms with E-state index in [1.165, 1.54) is 35.7 Å². The van der Waals surface area contributed by atoms with Gasteiger partial charge in [0, 0.05) is 29.1 Å². The van der Waals surface area contributed by atoms with Gasteiger partial charge in [0.15, 0.2) is 0 Å². The van der Waals surface area contributed by atoms with Crippen LogP contribution >= 0.6 is 15.9 Å². The molecule has 1 aliphatic heterocycles. The van der Waals surface area contributed by atoms with E-state index in [0.717, 1.165) is 32.7 Å². The number of rotatable bonds is 4. The van der Waals surface area contributed by atoms with Gasteiger partial charge in [0.25, 0.3) is 0 Å². The van der Waals surface area contributed by atoms with Gasteiger partial charge >= 0.3 is 0 Å². The number of nitrogens with zero attached hydrogens (tertiary/aromatic N) is 1. The second-order valence-electron chi connectivity index (χ2n) is 6.31. The van der Waals surface area contributed by atoms with Crippen LogP contribution in [0.5, 0.6) is 0 Å². The average Bonchev–Trinajstić information content (AvgIpc) is 3.01. The number of benzene rings is 1. The van der Waals surface area contributed by atoms with Gasteiger partial charge in [0.05, 0.1) is 13.2 Å². The molecule has 21 heavy (non-hydrogen) atoms. The van der Waals surface area contributed by atoms with E-state index in [0.29, 0.717) is 0 Å². The summed E-state index contributed by atoms with van der Waals surface area (Å²) >= 11 is 3.66. The second kappa shape index (κ2) is 6.78. The van der Waals surface area contributed by atoms with E-state index in [9.17, 15) is 0 Å². The van der Waals surface area contributed by atoms with Gasteiger partial charge in [-0.3, -0.25) is 4.90 Å². The summed E-state index contributed by atoms with van der Waals surface area (Å²) in [7, 11) is 0. The van der Waals surface area contributed by atoms with E-state index < -0.39 is 0 Å². The molecule has 1 heterocycles. The summed E-state index contributed by atoms with van der Waals surface area (Å²) in [6, 6.07) is 8.65. The van der Waals surface area contributed by atoms with E-state index in [4.69, 9.17) is 10.5 Å². The van der Waals surface area contributed by atoms with Gasteiger partial charge in [0.2, 0.25) is 0 Å². The molecule has 1 aliphatic carbocycles. The zero-order chi connectivity index (χ0) is 14.7. The Morgan fingerprint density at radius 1 is 1.19 bits per heavy atom. The summed E-state index contributed by atoms with van der Waals surface area (Å²) in [4.78, 5) is 2.62. The Morgan fingerprint density at radius 2 is 1.86 bits per heavy atom. The van der Waals surface area contributed by atoms with Crippen molar-refractivity contribution < 1.29 is 4.74 Å². The van der Waals surface area contributed by atoms with Crippen molar-refractivity contribution in [3.8, 4) is 0 Å². The number of halogens is 1. The van der Waals surface area contributed by atoms with E-state index in [-0.39, 0.29) is 11.6 Å². The van der Waals surface area contributed by atoms with Crippen LogP contribution < -0.4 is 5.73 Å². The molecule has 116 valence electrons. The van der Waals surface area contributed by atoms with Crippen molar-refractivity contribution in [3.63, 3.8) is 0 Å². The smallest absolute Gasteiger partial charge is 0.0594 e. The van der Waals surface area contributed by atoms with Crippen LogP contribution in [0.4, 0.5) is 0 Å². The fourth-order valence-electron chi connectivity index (χ4n) is 4.01. The second-order valence-corrected chi connectivity index (χ2v) is 7.17. The molecule has 3 rings (SSSR count). The highest BCUT2D eigenvalue weighted by molar-refractivity contribution is 9.10. The highest BCUT2D eigenvalue weighted by Crippen LogP contribution is 2.39. The van der Waals surface area contributed by atoms with E-state index >= 15 is 0 Å². The topological polar surface area (TPSA) is 38.5 Å². The fourth-order valence-corrected chi connectivity index (χ4v) is 4.45. The maximum absolute atomic E-state index is 6.74. The van der Waals surface area contributed by atoms with Gasteiger partial charge in [-0.15, -0.1) is 0 Å². The third kappa shape index (κ3) is 3.19. The first-order valence-electron chi connectivity index (χ1n) is 8.04. The molecule has 1 saturated carbocycles. The molecule has 4 heteroatoms. The zero-order valence-electron chi connectivity index (χ0n) is 12.6. The first-order chi connectivity index (χ1) is 10.2. The highest BCUT2D eigenvalue weighted by atomic mass is 79.9. The lowest BCUT2D eigenvalue weighted by Gasteiger charge is -2.47. The highest BCUT2D eigenvalue weighted by Gasteiger charge is 2.44. The lowest BCUT2D eigenvalue weighted by molar-refractivity contribution is -0.0306. The summed E-state index contributed by atoms with van der Waals surface area (Å²) in [5, 5.41) is 0. The summed E-state index contributed by atoms with van der Waals surface area (Å²) in [5.41, 5.74) is 8.25. The van der Waals surface area contributed by atoms with Crippen LogP contribution in [-0.4, -0.2) is 42.8 Å². The quantitative estimate of drug-likeness (QED) is 0.905. The molecule has 0 aromatic heterocycles. The Kier molecular flexibility index (Phi) is 4.99. The predicted molar refractivity (Wildman–Crippen MR) is 89.4 cm³/mol. The van der Waals surface area contributed by atoms with Gasteiger partial charge in [-0.25, -0.2) is 0 Å². The van der Waals surface area contributed by atoms with E-state index in [1.54, 1.807) is 0 Å². The largest absolute Gasteiger partial charge is 0.379 e. The van der Waals surface area contributed by atoms with Gasteiger partial charge in [0.1, 0.15) is 0 Å². The predicted octanol–water partition coefficient (Wildman–Crippen LogP) is 2.96. The van der Waals surface area contributed by atoms with Crippen molar-refractivity contribution in [3.05, 3.63) is 34.3 Å². The van der Waals surface area contributed by atoms with Crippen LogP contribution in [0.2, 0.25) is 0 Å². The number of hydrogen-bond acceptors (Lipinski definition) is 3. The van der Waals surface area contributed by atoms with Gasteiger partial charge in [-0.2, -0.15) is 0 Å². The molecule has 1 aromatic carbocycles. The standard InChI is InChI=1S/C17H25BrN2O/c18-15-6-2-1-5-14(15)13-16(19)17(7-3-4-8-17)20-9-11-21-12-10-20/h1-2,5-6,16H,3-4,7-13,19H2. The Balaban J connectivity index is 1.78. The Morgan fingerprint density at radius 3 is 2.52 bits per heavy atom. The van der Waals surface area contributed by atoms with Crippen molar-refractivity contribution in [1.82, 2.24) is 4.90 Å². The first kappa shape index (κ1) is 15.5. The molecule has 0 radical (unpaired) electrons. The lowest BCUT2D eigenvalue weighted by atomic mass is 9.82. The van der Waals surface area contributed by atoms with E-state index in [1.807, 2.05) is 0 Å². The van der Waals surface area contributed by atoms with Crippen LogP contribution in [0, 0.1) is 0 Å². The zero-order valence-corrected chi connectivity index (χ0v) is 14.1. The normalized spacial score (nSPS) is 24.1. The molecule has 0 amide bonds. The van der Waals surface area contributed by atoms with Crippen molar-refractivity contribution >= 4 is 15.9 Å². The lowest BCUT2D eigenvalue weighted by Crippen LogP contribution is -2.61. The first-order valence-corrected chi connectivity index (χ1v) is 8.83. The fraction of sp³-hybridized carbons (Fsp3) is 0.647. The van der Waals surface area contributed by atoms with Crippen molar-refractivity contribution in [2.24, 2.45) is 5.73 Å². The number of hydrogen-bond donors (Lipinski definition) is 1. The Hall–Kier alpha value is -0.420. The van der Waals surface area contributed by atoms with E-state index in [2.05, 4.69) is 45.1 Å². The summed E-state index contributed by atoms with van der Waals surface area (Å²) in [6.07, 6.45) is 6.03. The van der Waals surface area contributed by atoms with Crippen LogP contribution in [0.1, 0.15) is 31.2 Å². The minimum Gasteiger partial charge on any atom is -0.379 e. The number of morpholine rings is 1. The third-order valence-corrected chi connectivity index (χ3v) is 5.97. The van der Waals surface area contributed by atoms with Gasteiger partial charge < -0.3 is 10.5 Å². The third-order valence-electron chi connectivity index (χ3n) is 5.20. The van der Waals surface area contributed by atoms with Crippen molar-refractivity contribution in [2.45, 2.75) is 43.7 Å². The number of nitrogens with two attached hydrogens (primary N) is 1. The Labute approximate surface area is 136 Å².